The van der Waals surface area contributed by atoms with Gasteiger partial charge in [-0.05, 0) is 37.1 Å². The predicted molar refractivity (Wildman–Crippen MR) is 117 cm³/mol. The second kappa shape index (κ2) is 8.07. The summed E-state index contributed by atoms with van der Waals surface area (Å²) in [5.74, 6) is 0.802. The van der Waals surface area contributed by atoms with Crippen LogP contribution in [0.2, 0.25) is 0 Å². The van der Waals surface area contributed by atoms with Crippen molar-refractivity contribution in [3.8, 4) is 5.75 Å². The summed E-state index contributed by atoms with van der Waals surface area (Å²) in [6.07, 6.45) is 2.25. The molecule has 0 aliphatic carbocycles. The Morgan fingerprint density at radius 2 is 2.00 bits per heavy atom. The maximum Gasteiger partial charge on any atom is 0.242 e. The molecule has 6 nitrogen and oxygen atoms in total. The zero-order valence-electron chi connectivity index (χ0n) is 16.6. The molecule has 7 heteroatoms. The van der Waals surface area contributed by atoms with Crippen LogP contribution in [0.1, 0.15) is 30.2 Å². The molecular formula is C23H23N3O3S. The molecule has 0 saturated carbocycles. The molecule has 0 N–H and O–H groups in total. The van der Waals surface area contributed by atoms with Crippen LogP contribution in [0.25, 0.3) is 10.2 Å². The predicted octanol–water partition coefficient (Wildman–Crippen LogP) is 3.82. The molecule has 0 bridgehead atoms. The number of aromatic nitrogens is 1. The van der Waals surface area contributed by atoms with Gasteiger partial charge in [-0.15, -0.1) is 11.3 Å². The van der Waals surface area contributed by atoms with E-state index in [0.29, 0.717) is 24.6 Å². The Morgan fingerprint density at radius 1 is 1.17 bits per heavy atom. The molecule has 0 radical (unpaired) electrons. The number of nitrogens with zero attached hydrogens (tertiary/aromatic N) is 3. The molecule has 0 spiro atoms. The molecule has 2 amide bonds. The Labute approximate surface area is 179 Å². The van der Waals surface area contributed by atoms with Crippen LogP contribution in [0, 0.1) is 0 Å². The number of piperidine rings is 1. The smallest absolute Gasteiger partial charge is 0.242 e. The first-order valence-electron chi connectivity index (χ1n) is 10.3. The van der Waals surface area contributed by atoms with Crippen molar-refractivity contribution in [2.45, 2.75) is 25.2 Å². The van der Waals surface area contributed by atoms with E-state index in [1.165, 1.54) is 4.70 Å². The number of amides is 2. The number of anilines is 1. The molecule has 5 rings (SSSR count). The highest BCUT2D eigenvalue weighted by Crippen LogP contribution is 2.34. The molecule has 2 aliphatic rings. The molecule has 3 aromatic rings. The minimum absolute atomic E-state index is 0.0223. The number of rotatable bonds is 3. The molecule has 1 saturated heterocycles. The second-order valence-electron chi connectivity index (χ2n) is 7.74. The van der Waals surface area contributed by atoms with E-state index in [4.69, 9.17) is 9.72 Å². The van der Waals surface area contributed by atoms with Gasteiger partial charge in [0.1, 0.15) is 12.3 Å². The lowest BCUT2D eigenvalue weighted by molar-refractivity contribution is -0.132. The Hall–Kier alpha value is -2.93. The summed E-state index contributed by atoms with van der Waals surface area (Å²) in [7, 11) is 0. The number of fused-ring (bicyclic) bond motifs is 2. The summed E-state index contributed by atoms with van der Waals surface area (Å²) < 4.78 is 6.87. The van der Waals surface area contributed by atoms with Gasteiger partial charge < -0.3 is 9.64 Å². The van der Waals surface area contributed by atoms with Crippen molar-refractivity contribution in [3.63, 3.8) is 0 Å². The van der Waals surface area contributed by atoms with Gasteiger partial charge >= 0.3 is 0 Å². The summed E-state index contributed by atoms with van der Waals surface area (Å²) in [5, 5.41) is 1.10. The molecule has 1 fully saturated rings. The van der Waals surface area contributed by atoms with E-state index in [0.717, 1.165) is 29.9 Å². The van der Waals surface area contributed by atoms with Gasteiger partial charge in [-0.25, -0.2) is 4.98 Å². The molecule has 30 heavy (non-hydrogen) atoms. The summed E-state index contributed by atoms with van der Waals surface area (Å²) in [5.41, 5.74) is 1.70. The van der Waals surface area contributed by atoms with Crippen molar-refractivity contribution >= 4 is 39.1 Å². The number of likely N-dealkylation sites (tertiary alicyclic amines) is 1. The number of carbonyl (C=O) groups is 2. The monoisotopic (exact) mass is 421 g/mol. The van der Waals surface area contributed by atoms with Gasteiger partial charge in [0.2, 0.25) is 11.8 Å². The minimum Gasteiger partial charge on any atom is -0.491 e. The van der Waals surface area contributed by atoms with Crippen LogP contribution in [-0.2, 0) is 9.59 Å². The largest absolute Gasteiger partial charge is 0.491 e. The number of hydrogen-bond acceptors (Lipinski definition) is 5. The third-order valence-corrected chi connectivity index (χ3v) is 6.96. The van der Waals surface area contributed by atoms with Crippen molar-refractivity contribution in [3.05, 3.63) is 53.5 Å². The van der Waals surface area contributed by atoms with Gasteiger partial charge in [0.25, 0.3) is 0 Å². The highest BCUT2D eigenvalue weighted by Gasteiger charge is 2.30. The van der Waals surface area contributed by atoms with E-state index in [1.807, 2.05) is 47.4 Å². The van der Waals surface area contributed by atoms with Gasteiger partial charge in [0.15, 0.2) is 0 Å². The van der Waals surface area contributed by atoms with Crippen LogP contribution in [0.3, 0.4) is 0 Å². The van der Waals surface area contributed by atoms with Crippen LogP contribution in [-0.4, -0.2) is 47.9 Å². The lowest BCUT2D eigenvalue weighted by atomic mass is 9.98. The zero-order chi connectivity index (χ0) is 20.5. The molecule has 2 aromatic carbocycles. The van der Waals surface area contributed by atoms with E-state index in [9.17, 15) is 9.59 Å². The van der Waals surface area contributed by atoms with Gasteiger partial charge in [-0.2, -0.15) is 0 Å². The molecule has 3 heterocycles. The Kier molecular flexibility index (Phi) is 5.12. The van der Waals surface area contributed by atoms with Gasteiger partial charge in [-0.3, -0.25) is 14.5 Å². The van der Waals surface area contributed by atoms with E-state index >= 15 is 0 Å². The SMILES string of the molecule is O=C(CN1C(=O)CCOc2ccccc21)N1CCC[C@H](c2nc3ccccc3s2)C1. The van der Waals surface area contributed by atoms with Crippen LogP contribution in [0.15, 0.2) is 48.5 Å². The van der Waals surface area contributed by atoms with Crippen molar-refractivity contribution in [2.75, 3.05) is 31.1 Å². The van der Waals surface area contributed by atoms with Crippen LogP contribution < -0.4 is 9.64 Å². The molecule has 1 atom stereocenters. The number of benzene rings is 2. The van der Waals surface area contributed by atoms with E-state index in [1.54, 1.807) is 16.2 Å². The number of para-hydroxylation sites is 3. The van der Waals surface area contributed by atoms with Gasteiger partial charge in [-0.1, -0.05) is 24.3 Å². The Bertz CT molecular complexity index is 1060. The van der Waals surface area contributed by atoms with Gasteiger partial charge in [0.05, 0.1) is 33.9 Å². The Balaban J connectivity index is 1.33. The highest BCUT2D eigenvalue weighted by molar-refractivity contribution is 7.18. The molecule has 154 valence electrons. The molecular weight excluding hydrogens is 398 g/mol. The number of ether oxygens (including phenoxy) is 1. The maximum absolute atomic E-state index is 13.2. The van der Waals surface area contributed by atoms with E-state index in [-0.39, 0.29) is 30.7 Å². The number of hydrogen-bond donors (Lipinski definition) is 0. The van der Waals surface area contributed by atoms with Crippen LogP contribution >= 0.6 is 11.3 Å². The fraction of sp³-hybridized carbons (Fsp3) is 0.348. The summed E-state index contributed by atoms with van der Waals surface area (Å²) in [6.45, 7) is 1.76. The van der Waals surface area contributed by atoms with Crippen LogP contribution in [0.4, 0.5) is 5.69 Å². The molecule has 1 aromatic heterocycles. The van der Waals surface area contributed by atoms with E-state index in [2.05, 4.69) is 6.07 Å². The molecule has 2 aliphatic heterocycles. The summed E-state index contributed by atoms with van der Waals surface area (Å²) >= 11 is 1.72. The topological polar surface area (TPSA) is 62.7 Å². The fourth-order valence-electron chi connectivity index (χ4n) is 4.20. The normalized spacial score (nSPS) is 19.3. The van der Waals surface area contributed by atoms with E-state index < -0.39 is 0 Å². The number of carbonyl (C=O) groups excluding carboxylic acids is 2. The highest BCUT2D eigenvalue weighted by atomic mass is 32.1. The third-order valence-electron chi connectivity index (χ3n) is 5.76. The first-order valence-corrected chi connectivity index (χ1v) is 11.2. The average Bonchev–Trinajstić information content (AvgIpc) is 3.15. The maximum atomic E-state index is 13.2. The first-order chi connectivity index (χ1) is 14.7. The van der Waals surface area contributed by atoms with Gasteiger partial charge in [0, 0.05) is 19.0 Å². The van der Waals surface area contributed by atoms with Crippen LogP contribution in [0.5, 0.6) is 5.75 Å². The zero-order valence-corrected chi connectivity index (χ0v) is 17.4. The average molecular weight is 422 g/mol. The first kappa shape index (κ1) is 19.1. The number of thiazole rings is 1. The summed E-state index contributed by atoms with van der Waals surface area (Å²) in [6, 6.07) is 15.6. The second-order valence-corrected chi connectivity index (χ2v) is 8.81. The lowest BCUT2D eigenvalue weighted by Crippen LogP contribution is -2.46. The minimum atomic E-state index is -0.0759. The van der Waals surface area contributed by atoms with Crippen molar-refractivity contribution in [1.82, 2.24) is 9.88 Å². The summed E-state index contributed by atoms with van der Waals surface area (Å²) in [4.78, 5) is 34.1. The third kappa shape index (κ3) is 3.65. The molecule has 0 unspecified atom stereocenters. The quantitative estimate of drug-likeness (QED) is 0.645. The Morgan fingerprint density at radius 3 is 2.90 bits per heavy atom. The van der Waals surface area contributed by atoms with Crippen molar-refractivity contribution in [2.24, 2.45) is 0 Å². The standard InChI is InChI=1S/C23H23N3O3S/c27-21-11-13-29-19-9-3-2-8-18(19)26(21)15-22(28)25-12-5-6-16(14-25)23-24-17-7-1-4-10-20(17)30-23/h1-4,7-10,16H,5-6,11-15H2/t16-/m0/s1. The lowest BCUT2D eigenvalue weighted by Gasteiger charge is -2.33. The van der Waals surface area contributed by atoms with Crippen molar-refractivity contribution in [1.29, 1.82) is 0 Å². The van der Waals surface area contributed by atoms with Crippen molar-refractivity contribution < 1.29 is 14.3 Å². The fourth-order valence-corrected chi connectivity index (χ4v) is 5.29.